The number of hydrogen-bond acceptors (Lipinski definition) is 5. The summed E-state index contributed by atoms with van der Waals surface area (Å²) < 4.78 is 32.0. The van der Waals surface area contributed by atoms with Crippen molar-refractivity contribution in [3.8, 4) is 0 Å². The maximum atomic E-state index is 12.7. The third-order valence-electron chi connectivity index (χ3n) is 5.42. The number of amides is 1. The number of ether oxygens (including phenoxy) is 1. The van der Waals surface area contributed by atoms with Crippen LogP contribution in [0.5, 0.6) is 0 Å². The number of benzene rings is 1. The molecule has 1 aliphatic carbocycles. The van der Waals surface area contributed by atoms with Crippen LogP contribution < -0.4 is 5.32 Å². The summed E-state index contributed by atoms with van der Waals surface area (Å²) >= 11 is 0. The van der Waals surface area contributed by atoms with Gasteiger partial charge in [-0.05, 0) is 49.4 Å². The first-order valence-electron chi connectivity index (χ1n) is 10.5. The molecule has 8 heteroatoms. The molecule has 1 saturated carbocycles. The molecule has 1 amide bonds. The molecule has 1 aromatic carbocycles. The molecule has 0 unspecified atom stereocenters. The lowest BCUT2D eigenvalue weighted by molar-refractivity contribution is -0.122. The largest absolute Gasteiger partial charge is 0.379 e. The van der Waals surface area contributed by atoms with E-state index in [4.69, 9.17) is 4.74 Å². The van der Waals surface area contributed by atoms with Crippen LogP contribution in [0.25, 0.3) is 0 Å². The van der Waals surface area contributed by atoms with Crippen LogP contribution >= 0.6 is 0 Å². The molecule has 1 heterocycles. The number of rotatable bonds is 10. The molecule has 1 saturated heterocycles. The van der Waals surface area contributed by atoms with E-state index in [0.717, 1.165) is 18.5 Å². The predicted octanol–water partition coefficient (Wildman–Crippen LogP) is 1.83. The van der Waals surface area contributed by atoms with E-state index in [9.17, 15) is 13.2 Å². The van der Waals surface area contributed by atoms with Gasteiger partial charge in [0.2, 0.25) is 15.9 Å². The van der Waals surface area contributed by atoms with E-state index in [2.05, 4.69) is 24.1 Å². The van der Waals surface area contributed by atoms with Crippen LogP contribution in [0.1, 0.15) is 38.7 Å². The first-order chi connectivity index (χ1) is 13.9. The van der Waals surface area contributed by atoms with Crippen molar-refractivity contribution in [3.05, 3.63) is 29.8 Å². The molecule has 0 atom stereocenters. The molecule has 1 aliphatic heterocycles. The molecule has 29 heavy (non-hydrogen) atoms. The summed E-state index contributed by atoms with van der Waals surface area (Å²) in [5.41, 5.74) is 0.888. The summed E-state index contributed by atoms with van der Waals surface area (Å²) in [4.78, 5) is 14.9. The Kier molecular flexibility index (Phi) is 7.67. The SMILES string of the molecule is CC(C)CCN(CC(=O)NCc1ccc(S(=O)(=O)N2CCOCC2)cc1)C1CC1. The molecular weight excluding hydrogens is 390 g/mol. The summed E-state index contributed by atoms with van der Waals surface area (Å²) in [5, 5.41) is 2.96. The maximum Gasteiger partial charge on any atom is 0.243 e. The maximum absolute atomic E-state index is 12.7. The number of hydrogen-bond donors (Lipinski definition) is 1. The van der Waals surface area contributed by atoms with Crippen molar-refractivity contribution in [2.45, 2.75) is 50.6 Å². The lowest BCUT2D eigenvalue weighted by Gasteiger charge is -2.26. The minimum atomic E-state index is -3.48. The lowest BCUT2D eigenvalue weighted by atomic mass is 10.1. The number of nitrogens with one attached hydrogen (secondary N) is 1. The minimum absolute atomic E-state index is 0.0191. The van der Waals surface area contributed by atoms with Gasteiger partial charge in [0, 0.05) is 25.7 Å². The number of sulfonamides is 1. The Morgan fingerprint density at radius 2 is 1.86 bits per heavy atom. The molecule has 162 valence electrons. The Morgan fingerprint density at radius 3 is 2.45 bits per heavy atom. The van der Waals surface area contributed by atoms with Crippen molar-refractivity contribution in [1.82, 2.24) is 14.5 Å². The molecular formula is C21H33N3O4S. The summed E-state index contributed by atoms with van der Waals surface area (Å²) in [6.45, 7) is 7.83. The van der Waals surface area contributed by atoms with Crippen LogP contribution in [0.15, 0.2) is 29.2 Å². The Labute approximate surface area is 174 Å². The van der Waals surface area contributed by atoms with E-state index in [-0.39, 0.29) is 10.8 Å². The molecule has 7 nitrogen and oxygen atoms in total. The molecule has 1 aromatic rings. The monoisotopic (exact) mass is 423 g/mol. The fourth-order valence-electron chi connectivity index (χ4n) is 3.41. The highest BCUT2D eigenvalue weighted by atomic mass is 32.2. The first-order valence-corrected chi connectivity index (χ1v) is 12.0. The summed E-state index contributed by atoms with van der Waals surface area (Å²) in [6, 6.07) is 7.33. The molecule has 0 aromatic heterocycles. The van der Waals surface area contributed by atoms with Crippen molar-refractivity contribution in [1.29, 1.82) is 0 Å². The molecule has 1 N–H and O–H groups in total. The van der Waals surface area contributed by atoms with Crippen molar-refractivity contribution in [2.24, 2.45) is 5.92 Å². The Morgan fingerprint density at radius 1 is 1.21 bits per heavy atom. The molecule has 3 rings (SSSR count). The van der Waals surface area contributed by atoms with Crippen molar-refractivity contribution in [2.75, 3.05) is 39.4 Å². The van der Waals surface area contributed by atoms with E-state index in [0.29, 0.717) is 51.4 Å². The van der Waals surface area contributed by atoms with Gasteiger partial charge in [0.25, 0.3) is 0 Å². The standard InChI is InChI=1S/C21H33N3O4S/c1-17(2)9-10-23(19-5-6-19)16-21(25)22-15-18-3-7-20(8-4-18)29(26,27)24-11-13-28-14-12-24/h3-4,7-8,17,19H,5-6,9-16H2,1-2H3,(H,22,25). The van der Waals surface area contributed by atoms with E-state index in [1.165, 1.54) is 17.1 Å². The topological polar surface area (TPSA) is 79.0 Å². The zero-order valence-corrected chi connectivity index (χ0v) is 18.3. The van der Waals surface area contributed by atoms with Gasteiger partial charge in [-0.3, -0.25) is 9.69 Å². The van der Waals surface area contributed by atoms with E-state index < -0.39 is 10.0 Å². The van der Waals surface area contributed by atoms with Gasteiger partial charge < -0.3 is 10.1 Å². The highest BCUT2D eigenvalue weighted by Gasteiger charge is 2.30. The van der Waals surface area contributed by atoms with Gasteiger partial charge in [0.15, 0.2) is 0 Å². The number of nitrogens with zero attached hydrogens (tertiary/aromatic N) is 2. The quantitative estimate of drug-likeness (QED) is 0.621. The van der Waals surface area contributed by atoms with E-state index in [1.54, 1.807) is 24.3 Å². The molecule has 0 spiro atoms. The van der Waals surface area contributed by atoms with Gasteiger partial charge in [-0.15, -0.1) is 0 Å². The fraction of sp³-hybridized carbons (Fsp3) is 0.667. The average molecular weight is 424 g/mol. The smallest absolute Gasteiger partial charge is 0.243 e. The highest BCUT2D eigenvalue weighted by molar-refractivity contribution is 7.89. The number of carbonyl (C=O) groups excluding carboxylic acids is 1. The summed E-state index contributed by atoms with van der Waals surface area (Å²) in [7, 11) is -3.48. The van der Waals surface area contributed by atoms with Crippen molar-refractivity contribution in [3.63, 3.8) is 0 Å². The van der Waals surface area contributed by atoms with Gasteiger partial charge in [0.05, 0.1) is 24.7 Å². The first kappa shape index (κ1) is 22.2. The summed E-state index contributed by atoms with van der Waals surface area (Å²) in [5.74, 6) is 0.650. The second-order valence-electron chi connectivity index (χ2n) is 8.32. The lowest BCUT2D eigenvalue weighted by Crippen LogP contribution is -2.40. The Hall–Kier alpha value is -1.48. The van der Waals surface area contributed by atoms with Gasteiger partial charge >= 0.3 is 0 Å². The van der Waals surface area contributed by atoms with Gasteiger partial charge in [-0.1, -0.05) is 26.0 Å². The van der Waals surface area contributed by atoms with Crippen LogP contribution in [0.3, 0.4) is 0 Å². The normalized spacial score (nSPS) is 18.3. The third-order valence-corrected chi connectivity index (χ3v) is 7.34. The van der Waals surface area contributed by atoms with Gasteiger partial charge in [-0.25, -0.2) is 8.42 Å². The average Bonchev–Trinajstić information content (AvgIpc) is 3.55. The second kappa shape index (κ2) is 10.0. The van der Waals surface area contributed by atoms with Crippen molar-refractivity contribution >= 4 is 15.9 Å². The van der Waals surface area contributed by atoms with Crippen LogP contribution in [-0.2, 0) is 26.1 Å². The summed E-state index contributed by atoms with van der Waals surface area (Å²) in [6.07, 6.45) is 3.47. The van der Waals surface area contributed by atoms with Gasteiger partial charge in [-0.2, -0.15) is 4.31 Å². The Bertz CT molecular complexity index is 770. The Balaban J connectivity index is 1.49. The molecule has 0 bridgehead atoms. The van der Waals surface area contributed by atoms with E-state index >= 15 is 0 Å². The predicted molar refractivity (Wildman–Crippen MR) is 112 cm³/mol. The minimum Gasteiger partial charge on any atom is -0.379 e. The van der Waals surface area contributed by atoms with Crippen molar-refractivity contribution < 1.29 is 17.9 Å². The van der Waals surface area contributed by atoms with Crippen LogP contribution in [0.2, 0.25) is 0 Å². The number of morpholine rings is 1. The molecule has 2 aliphatic rings. The van der Waals surface area contributed by atoms with E-state index in [1.807, 2.05) is 0 Å². The second-order valence-corrected chi connectivity index (χ2v) is 10.3. The van der Waals surface area contributed by atoms with Crippen LogP contribution in [0, 0.1) is 5.92 Å². The van der Waals surface area contributed by atoms with Crippen LogP contribution in [-0.4, -0.2) is 69.0 Å². The number of carbonyl (C=O) groups is 1. The molecule has 2 fully saturated rings. The van der Waals surface area contributed by atoms with Gasteiger partial charge in [0.1, 0.15) is 0 Å². The zero-order chi connectivity index (χ0) is 20.9. The highest BCUT2D eigenvalue weighted by Crippen LogP contribution is 2.27. The molecule has 0 radical (unpaired) electrons. The van der Waals surface area contributed by atoms with Crippen LogP contribution in [0.4, 0.5) is 0 Å². The third kappa shape index (κ3) is 6.50. The fourth-order valence-corrected chi connectivity index (χ4v) is 4.82. The zero-order valence-electron chi connectivity index (χ0n) is 17.5.